The van der Waals surface area contributed by atoms with Gasteiger partial charge in [0, 0.05) is 19.8 Å². The fourth-order valence-corrected chi connectivity index (χ4v) is 2.16. The van der Waals surface area contributed by atoms with E-state index in [2.05, 4.69) is 0 Å². The van der Waals surface area contributed by atoms with Gasteiger partial charge in [-0.15, -0.1) is 0 Å². The van der Waals surface area contributed by atoms with Gasteiger partial charge in [-0.2, -0.15) is 0 Å². The van der Waals surface area contributed by atoms with Crippen LogP contribution in [0.25, 0.3) is 0 Å². The van der Waals surface area contributed by atoms with Crippen LogP contribution < -0.4 is 0 Å². The number of hydrogen-bond acceptors (Lipinski definition) is 2. The van der Waals surface area contributed by atoms with Crippen molar-refractivity contribution in [2.75, 3.05) is 14.2 Å². The van der Waals surface area contributed by atoms with Gasteiger partial charge in [0.1, 0.15) is 0 Å². The van der Waals surface area contributed by atoms with Crippen LogP contribution in [0.4, 0.5) is 0 Å². The van der Waals surface area contributed by atoms with Gasteiger partial charge in [0.25, 0.3) is 0 Å². The van der Waals surface area contributed by atoms with Gasteiger partial charge in [-0.25, -0.2) is 0 Å². The second-order valence-electron chi connectivity index (χ2n) is 2.89. The second-order valence-corrected chi connectivity index (χ2v) is 5.17. The lowest BCUT2D eigenvalue weighted by molar-refractivity contribution is -0.212. The zero-order valence-corrected chi connectivity index (χ0v) is 10.6. The van der Waals surface area contributed by atoms with Crippen LogP contribution in [0.15, 0.2) is 30.3 Å². The third kappa shape index (κ3) is 2.40. The molecule has 1 aromatic carbocycles. The second kappa shape index (κ2) is 4.89. The van der Waals surface area contributed by atoms with E-state index in [0.29, 0.717) is 5.56 Å². The molecular formula is C10H11Cl3O2. The number of hydrogen-bond donors (Lipinski definition) is 0. The average molecular weight is 270 g/mol. The molecule has 0 aliphatic rings. The highest BCUT2D eigenvalue weighted by molar-refractivity contribution is 6.68. The van der Waals surface area contributed by atoms with Crippen molar-refractivity contribution >= 4 is 34.8 Å². The summed E-state index contributed by atoms with van der Waals surface area (Å²) in [4.78, 5) is 0. The Hall–Kier alpha value is 0.01000. The molecule has 15 heavy (non-hydrogen) atoms. The fourth-order valence-electron chi connectivity index (χ4n) is 1.37. The Labute approximate surface area is 104 Å². The molecule has 0 amide bonds. The Morgan fingerprint density at radius 3 is 1.73 bits per heavy atom. The smallest absolute Gasteiger partial charge is 0.248 e. The van der Waals surface area contributed by atoms with Gasteiger partial charge in [-0.05, 0) is 0 Å². The maximum absolute atomic E-state index is 5.87. The van der Waals surface area contributed by atoms with E-state index >= 15 is 0 Å². The lowest BCUT2D eigenvalue weighted by Gasteiger charge is -2.36. The van der Waals surface area contributed by atoms with E-state index in [1.807, 2.05) is 18.2 Å². The predicted molar refractivity (Wildman–Crippen MR) is 62.4 cm³/mol. The molecule has 0 fully saturated rings. The topological polar surface area (TPSA) is 18.5 Å². The maximum Gasteiger partial charge on any atom is 0.248 e. The van der Waals surface area contributed by atoms with Gasteiger partial charge in [0.05, 0.1) is 0 Å². The first kappa shape index (κ1) is 13.1. The molecule has 0 aliphatic carbocycles. The Bertz CT molecular complexity index is 304. The molecule has 2 nitrogen and oxygen atoms in total. The Morgan fingerprint density at radius 1 is 0.933 bits per heavy atom. The van der Waals surface area contributed by atoms with Gasteiger partial charge < -0.3 is 9.47 Å². The van der Waals surface area contributed by atoms with Crippen molar-refractivity contribution in [3.63, 3.8) is 0 Å². The molecule has 0 aliphatic heterocycles. The Kier molecular flexibility index (Phi) is 4.27. The first-order valence-corrected chi connectivity index (χ1v) is 5.34. The van der Waals surface area contributed by atoms with Crippen LogP contribution in [-0.4, -0.2) is 18.0 Å². The standard InChI is InChI=1S/C10H11Cl3O2/c1-14-9(15-2,10(11,12)13)8-6-4-3-5-7-8/h3-7H,1-2H3. The average Bonchev–Trinajstić information content (AvgIpc) is 2.20. The number of methoxy groups -OCH3 is 2. The Balaban J connectivity index is 3.24. The van der Waals surface area contributed by atoms with E-state index in [1.165, 1.54) is 14.2 Å². The maximum atomic E-state index is 5.87. The number of halogens is 3. The van der Waals surface area contributed by atoms with Crippen LogP contribution >= 0.6 is 34.8 Å². The molecule has 1 rings (SSSR count). The van der Waals surface area contributed by atoms with Crippen molar-refractivity contribution in [1.82, 2.24) is 0 Å². The predicted octanol–water partition coefficient (Wildman–Crippen LogP) is 3.50. The minimum atomic E-state index is -1.71. The molecule has 1 aromatic rings. The van der Waals surface area contributed by atoms with E-state index in [1.54, 1.807) is 12.1 Å². The number of alkyl halides is 3. The quantitative estimate of drug-likeness (QED) is 0.618. The SMILES string of the molecule is COC(OC)(c1ccccc1)C(Cl)(Cl)Cl. The summed E-state index contributed by atoms with van der Waals surface area (Å²) in [5, 5.41) is 0. The van der Waals surface area contributed by atoms with Crippen molar-refractivity contribution in [2.45, 2.75) is 9.58 Å². The summed E-state index contributed by atoms with van der Waals surface area (Å²) in [6, 6.07) is 9.04. The van der Waals surface area contributed by atoms with Crippen molar-refractivity contribution in [2.24, 2.45) is 0 Å². The molecular weight excluding hydrogens is 258 g/mol. The highest BCUT2D eigenvalue weighted by Crippen LogP contribution is 2.47. The van der Waals surface area contributed by atoms with Gasteiger partial charge >= 0.3 is 0 Å². The molecule has 0 atom stereocenters. The summed E-state index contributed by atoms with van der Waals surface area (Å²) in [7, 11) is 2.86. The minimum absolute atomic E-state index is 0.648. The van der Waals surface area contributed by atoms with Crippen LogP contribution in [0.3, 0.4) is 0 Å². The van der Waals surface area contributed by atoms with E-state index in [-0.39, 0.29) is 0 Å². The van der Waals surface area contributed by atoms with Gasteiger partial charge in [0.15, 0.2) is 0 Å². The summed E-state index contributed by atoms with van der Waals surface area (Å²) >= 11 is 17.6. The summed E-state index contributed by atoms with van der Waals surface area (Å²) in [6.45, 7) is 0. The first-order valence-electron chi connectivity index (χ1n) is 4.20. The van der Waals surface area contributed by atoms with Gasteiger partial charge in [-0.1, -0.05) is 65.1 Å². The van der Waals surface area contributed by atoms with Crippen LogP contribution in [0, 0.1) is 0 Å². The van der Waals surface area contributed by atoms with E-state index < -0.39 is 9.58 Å². The molecule has 84 valence electrons. The molecule has 0 saturated heterocycles. The minimum Gasteiger partial charge on any atom is -0.346 e. The van der Waals surface area contributed by atoms with Gasteiger partial charge in [-0.3, -0.25) is 0 Å². The van der Waals surface area contributed by atoms with E-state index in [0.717, 1.165) is 0 Å². The number of rotatable bonds is 3. The monoisotopic (exact) mass is 268 g/mol. The van der Waals surface area contributed by atoms with Gasteiger partial charge in [0.2, 0.25) is 9.58 Å². The molecule has 0 heterocycles. The highest BCUT2D eigenvalue weighted by Gasteiger charge is 2.51. The Morgan fingerprint density at radius 2 is 1.40 bits per heavy atom. The lowest BCUT2D eigenvalue weighted by atomic mass is 10.1. The first-order chi connectivity index (χ1) is 6.98. The van der Waals surface area contributed by atoms with Crippen molar-refractivity contribution in [1.29, 1.82) is 0 Å². The zero-order valence-electron chi connectivity index (χ0n) is 8.34. The third-order valence-electron chi connectivity index (χ3n) is 2.10. The van der Waals surface area contributed by atoms with E-state index in [9.17, 15) is 0 Å². The molecule has 0 N–H and O–H groups in total. The van der Waals surface area contributed by atoms with Crippen LogP contribution in [0.1, 0.15) is 5.56 Å². The summed E-state index contributed by atoms with van der Waals surface area (Å²) in [6.07, 6.45) is 0. The van der Waals surface area contributed by atoms with Crippen LogP contribution in [-0.2, 0) is 15.3 Å². The molecule has 0 aromatic heterocycles. The summed E-state index contributed by atoms with van der Waals surface area (Å²) < 4.78 is 8.73. The van der Waals surface area contributed by atoms with E-state index in [4.69, 9.17) is 44.3 Å². The summed E-state index contributed by atoms with van der Waals surface area (Å²) in [5.74, 6) is -1.39. The molecule has 0 bridgehead atoms. The summed E-state index contributed by atoms with van der Waals surface area (Å²) in [5.41, 5.74) is 0.648. The molecule has 0 spiro atoms. The fraction of sp³-hybridized carbons (Fsp3) is 0.400. The number of benzene rings is 1. The largest absolute Gasteiger partial charge is 0.346 e. The van der Waals surface area contributed by atoms with Crippen molar-refractivity contribution in [3.05, 3.63) is 35.9 Å². The molecule has 0 saturated carbocycles. The van der Waals surface area contributed by atoms with Crippen LogP contribution in [0.5, 0.6) is 0 Å². The molecule has 5 heteroatoms. The molecule has 0 radical (unpaired) electrons. The number of ether oxygens (including phenoxy) is 2. The van der Waals surface area contributed by atoms with Crippen LogP contribution in [0.2, 0.25) is 0 Å². The third-order valence-corrected chi connectivity index (χ3v) is 2.85. The normalized spacial score (nSPS) is 12.9. The van der Waals surface area contributed by atoms with Crippen molar-refractivity contribution < 1.29 is 9.47 Å². The molecule has 0 unspecified atom stereocenters. The van der Waals surface area contributed by atoms with Crippen molar-refractivity contribution in [3.8, 4) is 0 Å². The lowest BCUT2D eigenvalue weighted by Crippen LogP contribution is -2.43. The zero-order chi connectivity index (χ0) is 11.5. The highest BCUT2D eigenvalue weighted by atomic mass is 35.6.